The monoisotopic (exact) mass is 303 g/mol. The Balaban J connectivity index is 2.72. The highest BCUT2D eigenvalue weighted by Gasteiger charge is 2.55. The van der Waals surface area contributed by atoms with Crippen molar-refractivity contribution in [2.45, 2.75) is 32.6 Å². The van der Waals surface area contributed by atoms with Crippen LogP contribution < -0.4 is 4.90 Å². The van der Waals surface area contributed by atoms with Crippen LogP contribution in [0.15, 0.2) is 18.2 Å². The predicted octanol–water partition coefficient (Wildman–Crippen LogP) is 1.23. The number of nitrogens with zero attached hydrogens (tertiary/aromatic N) is 1. The van der Waals surface area contributed by atoms with E-state index < -0.39 is 29.6 Å². The first-order valence-corrected chi connectivity index (χ1v) is 6.85. The van der Waals surface area contributed by atoms with E-state index in [-0.39, 0.29) is 12.2 Å². The van der Waals surface area contributed by atoms with Crippen LogP contribution in [0.5, 0.6) is 0 Å². The Labute approximate surface area is 127 Å². The molecule has 1 aromatic rings. The minimum Gasteiger partial charge on any atom is -0.480 e. The summed E-state index contributed by atoms with van der Waals surface area (Å²) in [5.41, 5.74) is 0.0247. The first-order valence-electron chi connectivity index (χ1n) is 6.85. The zero-order valence-corrected chi connectivity index (χ0v) is 12.7. The molecule has 1 aliphatic heterocycles. The van der Waals surface area contributed by atoms with Gasteiger partial charge >= 0.3 is 5.97 Å². The Kier molecular flexibility index (Phi) is 3.87. The number of Topliss-reactive ketones (excluding diaryl/α,β-unsaturated/α-hetero) is 2. The second kappa shape index (κ2) is 5.36. The standard InChI is InChI=1S/C16H17NO5/c1-9-4-5-13-12(6-9)16(11(3)19,7-10(2)18)15(22)17(13)8-14(20)21/h4-6H,7-8H2,1-3H3,(H,20,21). The fourth-order valence-corrected chi connectivity index (χ4v) is 2.98. The number of aryl methyl sites for hydroxylation is 1. The van der Waals surface area contributed by atoms with Crippen LogP contribution in [0.25, 0.3) is 0 Å². The second-order valence-electron chi connectivity index (χ2n) is 5.65. The number of anilines is 1. The molecule has 1 aromatic carbocycles. The van der Waals surface area contributed by atoms with Gasteiger partial charge in [0.1, 0.15) is 23.5 Å². The lowest BCUT2D eigenvalue weighted by Gasteiger charge is -2.24. The summed E-state index contributed by atoms with van der Waals surface area (Å²) in [7, 11) is 0. The Bertz CT molecular complexity index is 694. The number of rotatable bonds is 5. The van der Waals surface area contributed by atoms with Crippen molar-refractivity contribution in [3.8, 4) is 0 Å². The molecule has 0 saturated heterocycles. The van der Waals surface area contributed by atoms with Gasteiger partial charge in [0.15, 0.2) is 0 Å². The molecule has 0 aromatic heterocycles. The van der Waals surface area contributed by atoms with Gasteiger partial charge in [-0.25, -0.2) is 0 Å². The second-order valence-corrected chi connectivity index (χ2v) is 5.65. The summed E-state index contributed by atoms with van der Waals surface area (Å²) in [4.78, 5) is 48.8. The van der Waals surface area contributed by atoms with Crippen LogP contribution in [0.1, 0.15) is 31.4 Å². The molecule has 2 rings (SSSR count). The highest BCUT2D eigenvalue weighted by Crippen LogP contribution is 2.45. The topological polar surface area (TPSA) is 91.8 Å². The summed E-state index contributed by atoms with van der Waals surface area (Å²) in [5, 5.41) is 9.02. The van der Waals surface area contributed by atoms with Crippen molar-refractivity contribution in [3.63, 3.8) is 0 Å². The molecule has 0 bridgehead atoms. The van der Waals surface area contributed by atoms with Crippen molar-refractivity contribution in [3.05, 3.63) is 29.3 Å². The minimum atomic E-state index is -1.61. The van der Waals surface area contributed by atoms with Crippen LogP contribution in [0.2, 0.25) is 0 Å². The van der Waals surface area contributed by atoms with Gasteiger partial charge in [0.05, 0.1) is 0 Å². The van der Waals surface area contributed by atoms with E-state index in [9.17, 15) is 19.2 Å². The summed E-state index contributed by atoms with van der Waals surface area (Å²) in [6, 6.07) is 5.04. The maximum Gasteiger partial charge on any atom is 0.323 e. The van der Waals surface area contributed by atoms with Gasteiger partial charge in [-0.15, -0.1) is 0 Å². The number of carboxylic acid groups (broad SMARTS) is 1. The number of benzene rings is 1. The molecule has 0 fully saturated rings. The lowest BCUT2D eigenvalue weighted by Crippen LogP contribution is -2.47. The van der Waals surface area contributed by atoms with Crippen molar-refractivity contribution >= 4 is 29.1 Å². The molecular weight excluding hydrogens is 286 g/mol. The fraction of sp³-hybridized carbons (Fsp3) is 0.375. The third-order valence-corrected chi connectivity index (χ3v) is 3.92. The normalized spacial score (nSPS) is 20.0. The van der Waals surface area contributed by atoms with E-state index in [0.29, 0.717) is 11.3 Å². The van der Waals surface area contributed by atoms with Crippen LogP contribution >= 0.6 is 0 Å². The van der Waals surface area contributed by atoms with Crippen molar-refractivity contribution in [1.29, 1.82) is 0 Å². The Morgan fingerprint density at radius 1 is 1.23 bits per heavy atom. The van der Waals surface area contributed by atoms with Gasteiger partial charge in [0.2, 0.25) is 5.91 Å². The molecule has 1 unspecified atom stereocenters. The van der Waals surface area contributed by atoms with Gasteiger partial charge in [-0.1, -0.05) is 17.7 Å². The molecule has 1 atom stereocenters. The van der Waals surface area contributed by atoms with E-state index in [1.165, 1.54) is 13.8 Å². The number of fused-ring (bicyclic) bond motifs is 1. The summed E-state index contributed by atoms with van der Waals surface area (Å²) >= 11 is 0. The Morgan fingerprint density at radius 3 is 2.36 bits per heavy atom. The van der Waals surface area contributed by atoms with E-state index in [0.717, 1.165) is 10.5 Å². The van der Waals surface area contributed by atoms with E-state index in [4.69, 9.17) is 5.11 Å². The predicted molar refractivity (Wildman–Crippen MR) is 78.8 cm³/mol. The maximum absolute atomic E-state index is 12.8. The van der Waals surface area contributed by atoms with Crippen LogP contribution in [-0.2, 0) is 24.6 Å². The minimum absolute atomic E-state index is 0.256. The number of amides is 1. The lowest BCUT2D eigenvalue weighted by molar-refractivity contribution is -0.139. The highest BCUT2D eigenvalue weighted by molar-refractivity contribution is 6.24. The third-order valence-electron chi connectivity index (χ3n) is 3.92. The van der Waals surface area contributed by atoms with Gasteiger partial charge in [0.25, 0.3) is 0 Å². The van der Waals surface area contributed by atoms with Gasteiger partial charge in [-0.3, -0.25) is 24.1 Å². The average molecular weight is 303 g/mol. The summed E-state index contributed by atoms with van der Waals surface area (Å²) in [5.74, 6) is -2.57. The largest absolute Gasteiger partial charge is 0.480 e. The smallest absolute Gasteiger partial charge is 0.323 e. The molecular formula is C16H17NO5. The summed E-state index contributed by atoms with van der Waals surface area (Å²) in [6.07, 6.45) is -0.256. The van der Waals surface area contributed by atoms with Crippen LogP contribution in [0, 0.1) is 6.92 Å². The number of carbonyl (C=O) groups is 4. The van der Waals surface area contributed by atoms with E-state index in [1.807, 2.05) is 6.92 Å². The molecule has 0 aliphatic carbocycles. The van der Waals surface area contributed by atoms with Gasteiger partial charge < -0.3 is 5.11 Å². The zero-order chi connectivity index (χ0) is 16.7. The van der Waals surface area contributed by atoms with Crippen molar-refractivity contribution in [2.24, 2.45) is 0 Å². The van der Waals surface area contributed by atoms with Crippen molar-refractivity contribution in [2.75, 3.05) is 11.4 Å². The number of hydrogen-bond acceptors (Lipinski definition) is 4. The molecule has 1 aliphatic rings. The highest BCUT2D eigenvalue weighted by atomic mass is 16.4. The van der Waals surface area contributed by atoms with E-state index >= 15 is 0 Å². The quantitative estimate of drug-likeness (QED) is 0.826. The van der Waals surface area contributed by atoms with Crippen molar-refractivity contribution in [1.82, 2.24) is 0 Å². The number of ketones is 2. The fourth-order valence-electron chi connectivity index (χ4n) is 2.98. The SMILES string of the molecule is CC(=O)CC1(C(C)=O)C(=O)N(CC(=O)O)c2ccc(C)cc21. The van der Waals surface area contributed by atoms with Crippen LogP contribution in [0.4, 0.5) is 5.69 Å². The van der Waals surface area contributed by atoms with Crippen molar-refractivity contribution < 1.29 is 24.3 Å². The van der Waals surface area contributed by atoms with Gasteiger partial charge in [-0.05, 0) is 32.4 Å². The molecule has 0 saturated carbocycles. The molecule has 0 spiro atoms. The van der Waals surface area contributed by atoms with Crippen LogP contribution in [0.3, 0.4) is 0 Å². The molecule has 116 valence electrons. The summed E-state index contributed by atoms with van der Waals surface area (Å²) in [6.45, 7) is 3.84. The molecule has 6 nitrogen and oxygen atoms in total. The number of hydrogen-bond donors (Lipinski definition) is 1. The van der Waals surface area contributed by atoms with E-state index in [2.05, 4.69) is 0 Å². The molecule has 0 radical (unpaired) electrons. The molecule has 1 heterocycles. The first kappa shape index (κ1) is 15.9. The number of aliphatic carboxylic acids is 1. The zero-order valence-electron chi connectivity index (χ0n) is 12.7. The lowest BCUT2D eigenvalue weighted by atomic mass is 9.74. The van der Waals surface area contributed by atoms with Gasteiger partial charge in [0, 0.05) is 12.1 Å². The van der Waals surface area contributed by atoms with Gasteiger partial charge in [-0.2, -0.15) is 0 Å². The molecule has 6 heteroatoms. The Hall–Kier alpha value is -2.50. The third kappa shape index (κ3) is 2.30. The number of carboxylic acids is 1. The maximum atomic E-state index is 12.8. The molecule has 22 heavy (non-hydrogen) atoms. The first-order chi connectivity index (χ1) is 10.2. The molecule has 1 amide bonds. The average Bonchev–Trinajstić information content (AvgIpc) is 2.60. The summed E-state index contributed by atoms with van der Waals surface area (Å²) < 4.78 is 0. The molecule has 1 N–H and O–H groups in total. The number of carbonyl (C=O) groups excluding carboxylic acids is 3. The Morgan fingerprint density at radius 2 is 1.86 bits per heavy atom. The van der Waals surface area contributed by atoms with Crippen LogP contribution in [-0.4, -0.2) is 35.1 Å². The van der Waals surface area contributed by atoms with E-state index in [1.54, 1.807) is 18.2 Å².